The molecule has 0 fully saturated rings. The Labute approximate surface area is 196 Å². The number of halogens is 1. The molecule has 0 spiro atoms. The summed E-state index contributed by atoms with van der Waals surface area (Å²) >= 11 is 6.07. The molecule has 172 valence electrons. The van der Waals surface area contributed by atoms with Crippen LogP contribution in [0.5, 0.6) is 11.5 Å². The zero-order chi connectivity index (χ0) is 23.8. The van der Waals surface area contributed by atoms with Gasteiger partial charge in [0.05, 0.1) is 5.69 Å². The largest absolute Gasteiger partial charge is 0.455 e. The molecule has 0 saturated carbocycles. The Morgan fingerprint density at radius 3 is 2.58 bits per heavy atom. The monoisotopic (exact) mass is 469 g/mol. The summed E-state index contributed by atoms with van der Waals surface area (Å²) in [5.41, 5.74) is 1.06. The van der Waals surface area contributed by atoms with Gasteiger partial charge in [-0.1, -0.05) is 42.6 Å². The molecule has 0 aliphatic rings. The number of hydrogen-bond acceptors (Lipinski definition) is 6. The summed E-state index contributed by atoms with van der Waals surface area (Å²) in [5.74, 6) is -0.419. The molecule has 3 rings (SSSR count). The van der Waals surface area contributed by atoms with Crippen LogP contribution >= 0.6 is 11.6 Å². The molecule has 0 aliphatic heterocycles. The first-order valence-corrected chi connectivity index (χ1v) is 10.8. The van der Waals surface area contributed by atoms with E-state index in [0.29, 0.717) is 28.8 Å². The summed E-state index contributed by atoms with van der Waals surface area (Å²) in [5, 5.41) is 7.05. The van der Waals surface area contributed by atoms with Crippen LogP contribution in [0.15, 0.2) is 59.4 Å². The number of benzene rings is 2. The van der Waals surface area contributed by atoms with E-state index >= 15 is 0 Å². The third-order valence-electron chi connectivity index (χ3n) is 4.60. The number of carbonyl (C=O) groups is 2. The van der Waals surface area contributed by atoms with Gasteiger partial charge in [0, 0.05) is 17.6 Å². The zero-order valence-electron chi connectivity index (χ0n) is 18.3. The summed E-state index contributed by atoms with van der Waals surface area (Å²) < 4.78 is 12.1. The van der Waals surface area contributed by atoms with Crippen molar-refractivity contribution in [3.05, 3.63) is 81.2 Å². The van der Waals surface area contributed by atoms with Crippen molar-refractivity contribution >= 4 is 29.2 Å². The second-order valence-electron chi connectivity index (χ2n) is 7.31. The Bertz CT molecular complexity index is 1190. The van der Waals surface area contributed by atoms with Crippen molar-refractivity contribution in [1.29, 1.82) is 0 Å². The number of nitrogens with one attached hydrogen (secondary N) is 1. The molecule has 0 aliphatic carbocycles. The first-order valence-electron chi connectivity index (χ1n) is 10.4. The van der Waals surface area contributed by atoms with Crippen LogP contribution in [0, 0.1) is 6.92 Å². The number of unbranched alkanes of at least 4 members (excludes halogenated alkanes) is 1. The van der Waals surface area contributed by atoms with Crippen LogP contribution in [0.4, 0.5) is 5.69 Å². The maximum atomic E-state index is 12.4. The van der Waals surface area contributed by atoms with Crippen molar-refractivity contribution < 1.29 is 19.1 Å². The summed E-state index contributed by atoms with van der Waals surface area (Å²) in [4.78, 5) is 36.5. The predicted octanol–water partition coefficient (Wildman–Crippen LogP) is 4.59. The molecular weight excluding hydrogens is 446 g/mol. The van der Waals surface area contributed by atoms with Gasteiger partial charge in [-0.2, -0.15) is 5.10 Å². The van der Waals surface area contributed by atoms with Gasteiger partial charge in [-0.3, -0.25) is 9.59 Å². The fourth-order valence-corrected chi connectivity index (χ4v) is 3.01. The molecule has 8 nitrogen and oxygen atoms in total. The third kappa shape index (κ3) is 6.92. The van der Waals surface area contributed by atoms with Crippen molar-refractivity contribution in [2.45, 2.75) is 33.2 Å². The van der Waals surface area contributed by atoms with E-state index in [1.165, 1.54) is 22.9 Å². The minimum absolute atomic E-state index is 0.0512. The lowest BCUT2D eigenvalue weighted by atomic mass is 10.2. The molecule has 9 heteroatoms. The normalized spacial score (nSPS) is 10.5. The van der Waals surface area contributed by atoms with Gasteiger partial charge in [-0.25, -0.2) is 9.48 Å². The van der Waals surface area contributed by atoms with Crippen LogP contribution in [0.2, 0.25) is 5.02 Å². The number of aryl methyl sites for hydroxylation is 2. The van der Waals surface area contributed by atoms with Crippen molar-refractivity contribution in [2.24, 2.45) is 0 Å². The molecule has 2 aromatic carbocycles. The lowest BCUT2D eigenvalue weighted by Gasteiger charge is -2.13. The molecule has 1 aromatic heterocycles. The molecule has 0 bridgehead atoms. The highest BCUT2D eigenvalue weighted by atomic mass is 35.5. The number of nitrogens with zero attached hydrogens (tertiary/aromatic N) is 2. The molecule has 0 radical (unpaired) electrons. The lowest BCUT2D eigenvalue weighted by Crippen LogP contribution is -2.26. The average Bonchev–Trinajstić information content (AvgIpc) is 2.80. The molecule has 3 aromatic rings. The van der Waals surface area contributed by atoms with Gasteiger partial charge in [-0.05, 0) is 49.7 Å². The van der Waals surface area contributed by atoms with Gasteiger partial charge in [0.1, 0.15) is 5.75 Å². The van der Waals surface area contributed by atoms with Crippen LogP contribution in [-0.4, -0.2) is 28.3 Å². The van der Waals surface area contributed by atoms with E-state index in [4.69, 9.17) is 21.1 Å². The average molecular weight is 470 g/mol. The smallest absolute Gasteiger partial charge is 0.359 e. The minimum atomic E-state index is -0.808. The minimum Gasteiger partial charge on any atom is -0.455 e. The van der Waals surface area contributed by atoms with Gasteiger partial charge in [-0.15, -0.1) is 0 Å². The number of esters is 1. The Balaban J connectivity index is 1.64. The van der Waals surface area contributed by atoms with Crippen LogP contribution in [0.25, 0.3) is 0 Å². The molecule has 33 heavy (non-hydrogen) atoms. The van der Waals surface area contributed by atoms with Crippen LogP contribution in [0.1, 0.15) is 35.8 Å². The van der Waals surface area contributed by atoms with Crippen LogP contribution in [-0.2, 0) is 16.1 Å². The Kier molecular flexibility index (Phi) is 8.21. The second kappa shape index (κ2) is 11.3. The number of anilines is 1. The number of aromatic nitrogens is 2. The molecule has 0 saturated heterocycles. The van der Waals surface area contributed by atoms with E-state index in [1.807, 2.05) is 38.1 Å². The van der Waals surface area contributed by atoms with Gasteiger partial charge < -0.3 is 14.8 Å². The number of rotatable bonds is 9. The van der Waals surface area contributed by atoms with E-state index in [2.05, 4.69) is 10.4 Å². The molecule has 0 atom stereocenters. The zero-order valence-corrected chi connectivity index (χ0v) is 19.1. The Morgan fingerprint density at radius 2 is 1.85 bits per heavy atom. The summed E-state index contributed by atoms with van der Waals surface area (Å²) in [6.45, 7) is 3.80. The van der Waals surface area contributed by atoms with E-state index in [0.717, 1.165) is 18.4 Å². The summed E-state index contributed by atoms with van der Waals surface area (Å²) in [6, 6.07) is 14.8. The van der Waals surface area contributed by atoms with Crippen LogP contribution < -0.4 is 15.6 Å². The highest BCUT2D eigenvalue weighted by Crippen LogP contribution is 2.32. The Hall–Kier alpha value is -3.65. The lowest BCUT2D eigenvalue weighted by molar-refractivity contribution is -0.119. The fraction of sp³-hybridized carbons (Fsp3) is 0.250. The number of amides is 1. The van der Waals surface area contributed by atoms with Gasteiger partial charge in [0.2, 0.25) is 0 Å². The summed E-state index contributed by atoms with van der Waals surface area (Å²) in [6.07, 6.45) is 1.63. The van der Waals surface area contributed by atoms with E-state index in [9.17, 15) is 14.4 Å². The number of hydrogen-bond donors (Lipinski definition) is 1. The quantitative estimate of drug-likeness (QED) is 0.460. The maximum absolute atomic E-state index is 12.4. The maximum Gasteiger partial charge on any atom is 0.359 e. The first-order chi connectivity index (χ1) is 15.9. The first kappa shape index (κ1) is 24.0. The van der Waals surface area contributed by atoms with Crippen molar-refractivity contribution in [3.8, 4) is 11.5 Å². The highest BCUT2D eigenvalue weighted by molar-refractivity contribution is 6.31. The number of carbonyl (C=O) groups excluding carboxylic acids is 2. The Morgan fingerprint density at radius 1 is 1.09 bits per heavy atom. The highest BCUT2D eigenvalue weighted by Gasteiger charge is 2.15. The molecular formula is C24H24ClN3O5. The molecule has 0 unspecified atom stereocenters. The van der Waals surface area contributed by atoms with Crippen molar-refractivity contribution in [3.63, 3.8) is 0 Å². The number of ether oxygens (including phenoxy) is 2. The van der Waals surface area contributed by atoms with Crippen molar-refractivity contribution in [1.82, 2.24) is 9.78 Å². The van der Waals surface area contributed by atoms with Gasteiger partial charge in [0.15, 0.2) is 18.1 Å². The molecule has 1 amide bonds. The van der Waals surface area contributed by atoms with Crippen molar-refractivity contribution in [2.75, 3.05) is 11.9 Å². The van der Waals surface area contributed by atoms with E-state index in [-0.39, 0.29) is 11.3 Å². The second-order valence-corrected chi connectivity index (χ2v) is 7.75. The van der Waals surface area contributed by atoms with E-state index in [1.54, 1.807) is 12.1 Å². The van der Waals surface area contributed by atoms with Gasteiger partial charge in [0.25, 0.3) is 11.5 Å². The molecule has 1 N–H and O–H groups in total. The standard InChI is InChI=1S/C24H24ClN3O5/c1-3-4-13-28-23(30)12-10-19(27-28)24(31)32-15-22(29)26-20-14-17(25)7-11-21(20)33-18-8-5-16(2)6-9-18/h5-12,14H,3-4,13,15H2,1-2H3,(H,26,29). The third-order valence-corrected chi connectivity index (χ3v) is 4.83. The summed E-state index contributed by atoms with van der Waals surface area (Å²) in [7, 11) is 0. The predicted molar refractivity (Wildman–Crippen MR) is 125 cm³/mol. The van der Waals surface area contributed by atoms with Crippen LogP contribution in [0.3, 0.4) is 0 Å². The topological polar surface area (TPSA) is 99.5 Å². The SMILES string of the molecule is CCCCn1nc(C(=O)OCC(=O)Nc2cc(Cl)ccc2Oc2ccc(C)cc2)ccc1=O. The van der Waals surface area contributed by atoms with E-state index < -0.39 is 18.5 Å². The fourth-order valence-electron chi connectivity index (χ4n) is 2.84. The van der Waals surface area contributed by atoms with Gasteiger partial charge >= 0.3 is 5.97 Å². The molecule has 1 heterocycles.